The lowest BCUT2D eigenvalue weighted by atomic mass is 9.65. The first kappa shape index (κ1) is 24.9. The van der Waals surface area contributed by atoms with E-state index in [0.717, 1.165) is 0 Å². The van der Waals surface area contributed by atoms with E-state index in [1.165, 1.54) is 4.90 Å². The van der Waals surface area contributed by atoms with E-state index >= 15 is 0 Å². The number of anilines is 1. The second kappa shape index (κ2) is 9.13. The molecule has 3 fully saturated rings. The fraction of sp³-hybridized carbons (Fsp3) is 0.640. The number of carbonyl (C=O) groups is 3. The zero-order valence-electron chi connectivity index (χ0n) is 20.1. The Balaban J connectivity index is 1.83. The van der Waals surface area contributed by atoms with Gasteiger partial charge in [-0.3, -0.25) is 14.4 Å². The molecule has 4 rings (SSSR count). The van der Waals surface area contributed by atoms with Crippen LogP contribution in [-0.4, -0.2) is 64.7 Å². The molecule has 3 aliphatic rings. The fourth-order valence-corrected chi connectivity index (χ4v) is 6.63. The molecule has 3 aliphatic heterocycles. The van der Waals surface area contributed by atoms with Gasteiger partial charge in [-0.2, -0.15) is 0 Å². The summed E-state index contributed by atoms with van der Waals surface area (Å²) >= 11 is 6.30. The number of benzene rings is 1. The molecule has 1 aromatic rings. The van der Waals surface area contributed by atoms with E-state index in [0.29, 0.717) is 36.4 Å². The summed E-state index contributed by atoms with van der Waals surface area (Å²) in [6.45, 7) is 5.59. The van der Waals surface area contributed by atoms with Gasteiger partial charge < -0.3 is 25.4 Å². The van der Waals surface area contributed by atoms with E-state index in [9.17, 15) is 19.5 Å². The topological polar surface area (TPSA) is 108 Å². The van der Waals surface area contributed by atoms with E-state index in [1.54, 1.807) is 31.3 Å². The molecule has 1 aromatic carbocycles. The molecule has 34 heavy (non-hydrogen) atoms. The van der Waals surface area contributed by atoms with Crippen molar-refractivity contribution < 1.29 is 24.2 Å². The molecule has 0 aromatic heterocycles. The molecule has 0 saturated carbocycles. The van der Waals surface area contributed by atoms with Crippen LogP contribution in [0.4, 0.5) is 5.69 Å². The standard InChI is InChI=1S/C25H34ClN3O5/c1-5-14(3)17(13-30)29-20(22(32)28-16-10-8-7-9-15(16)26)25-12-11-24(6-2,34-25)18(21(31)27-4)19(25)23(29)33/h7-10,14,17-20,30H,5-6,11-13H2,1-4H3,(H,27,31)(H,28,32)/t14-,17-,18+,19-,20?,24-,25?/m0/s1. The third-order valence-electron chi connectivity index (χ3n) is 8.37. The van der Waals surface area contributed by atoms with E-state index in [1.807, 2.05) is 20.8 Å². The van der Waals surface area contributed by atoms with E-state index < -0.39 is 41.0 Å². The van der Waals surface area contributed by atoms with Gasteiger partial charge in [-0.15, -0.1) is 0 Å². The summed E-state index contributed by atoms with van der Waals surface area (Å²) in [7, 11) is 1.55. The Labute approximate surface area is 205 Å². The number of likely N-dealkylation sites (tertiary alicyclic amines) is 1. The van der Waals surface area contributed by atoms with Gasteiger partial charge >= 0.3 is 0 Å². The molecule has 3 N–H and O–H groups in total. The van der Waals surface area contributed by atoms with Gasteiger partial charge in [0.25, 0.3) is 0 Å². The van der Waals surface area contributed by atoms with Gasteiger partial charge in [0, 0.05) is 7.05 Å². The first-order valence-electron chi connectivity index (χ1n) is 12.1. The zero-order chi connectivity index (χ0) is 24.8. The number of para-hydroxylation sites is 1. The number of nitrogens with zero attached hydrogens (tertiary/aromatic N) is 1. The van der Waals surface area contributed by atoms with Crippen LogP contribution in [-0.2, 0) is 19.1 Å². The molecule has 9 heteroatoms. The van der Waals surface area contributed by atoms with E-state index in [2.05, 4.69) is 10.6 Å². The number of nitrogens with one attached hydrogen (secondary N) is 2. The summed E-state index contributed by atoms with van der Waals surface area (Å²) in [5.41, 5.74) is -1.50. The molecule has 3 saturated heterocycles. The van der Waals surface area contributed by atoms with Gasteiger partial charge in [-0.25, -0.2) is 0 Å². The predicted molar refractivity (Wildman–Crippen MR) is 128 cm³/mol. The molecular formula is C25H34ClN3O5. The minimum Gasteiger partial charge on any atom is -0.394 e. The number of aliphatic hydroxyl groups excluding tert-OH is 1. The lowest BCUT2D eigenvalue weighted by molar-refractivity contribution is -0.150. The second-order valence-electron chi connectivity index (χ2n) is 9.80. The molecule has 0 aliphatic carbocycles. The van der Waals surface area contributed by atoms with Crippen LogP contribution in [0.15, 0.2) is 24.3 Å². The van der Waals surface area contributed by atoms with Crippen LogP contribution in [0.1, 0.15) is 46.5 Å². The first-order chi connectivity index (χ1) is 16.2. The average molecular weight is 492 g/mol. The van der Waals surface area contributed by atoms with Crippen molar-refractivity contribution in [2.24, 2.45) is 17.8 Å². The van der Waals surface area contributed by atoms with Crippen LogP contribution in [0.3, 0.4) is 0 Å². The van der Waals surface area contributed by atoms with E-state index in [4.69, 9.17) is 16.3 Å². The minimum atomic E-state index is -1.14. The number of amides is 3. The van der Waals surface area contributed by atoms with E-state index in [-0.39, 0.29) is 24.3 Å². The maximum atomic E-state index is 14.1. The SMILES string of the molecule is CC[C@H](C)[C@H](CO)N1C(=O)[C@@H]2[C@H](C(=O)NC)[C@]3(CC)CCC2(O3)C1C(=O)Nc1ccccc1Cl. The molecule has 0 radical (unpaired) electrons. The van der Waals surface area contributed by atoms with Crippen molar-refractivity contribution in [2.45, 2.75) is 69.7 Å². The molecule has 8 nitrogen and oxygen atoms in total. The zero-order valence-corrected chi connectivity index (χ0v) is 20.9. The quantitative estimate of drug-likeness (QED) is 0.518. The van der Waals surface area contributed by atoms with Crippen LogP contribution < -0.4 is 10.6 Å². The fourth-order valence-electron chi connectivity index (χ4n) is 6.44. The van der Waals surface area contributed by atoms with Crippen LogP contribution in [0.2, 0.25) is 5.02 Å². The average Bonchev–Trinajstić information content (AvgIpc) is 3.44. The van der Waals surface area contributed by atoms with Crippen LogP contribution in [0.5, 0.6) is 0 Å². The normalized spacial score (nSPS) is 33.5. The summed E-state index contributed by atoms with van der Waals surface area (Å²) < 4.78 is 6.67. The van der Waals surface area contributed by atoms with Gasteiger partial charge in [-0.1, -0.05) is 50.9 Å². The summed E-state index contributed by atoms with van der Waals surface area (Å²) in [5.74, 6) is -2.52. The van der Waals surface area contributed by atoms with Gasteiger partial charge in [0.15, 0.2) is 0 Å². The molecule has 3 amide bonds. The number of hydrogen-bond donors (Lipinski definition) is 3. The highest BCUT2D eigenvalue weighted by Crippen LogP contribution is 2.64. The van der Waals surface area contributed by atoms with Crippen molar-refractivity contribution in [3.63, 3.8) is 0 Å². The number of aliphatic hydroxyl groups is 1. The Morgan fingerprint density at radius 2 is 1.97 bits per heavy atom. The second-order valence-corrected chi connectivity index (χ2v) is 10.2. The van der Waals surface area contributed by atoms with Crippen molar-refractivity contribution in [3.05, 3.63) is 29.3 Å². The van der Waals surface area contributed by atoms with Gasteiger partial charge in [0.05, 0.1) is 40.8 Å². The monoisotopic (exact) mass is 491 g/mol. The highest BCUT2D eigenvalue weighted by atomic mass is 35.5. The molecule has 1 spiro atoms. The first-order valence-corrected chi connectivity index (χ1v) is 12.5. The number of rotatable bonds is 8. The molecule has 186 valence electrons. The highest BCUT2D eigenvalue weighted by Gasteiger charge is 2.79. The van der Waals surface area contributed by atoms with Crippen molar-refractivity contribution in [2.75, 3.05) is 19.0 Å². The lowest BCUT2D eigenvalue weighted by Gasteiger charge is -2.39. The molecule has 3 heterocycles. The third kappa shape index (κ3) is 3.45. The number of fused-ring (bicyclic) bond motifs is 1. The Morgan fingerprint density at radius 1 is 1.26 bits per heavy atom. The van der Waals surface area contributed by atoms with Crippen molar-refractivity contribution in [1.82, 2.24) is 10.2 Å². The van der Waals surface area contributed by atoms with Crippen LogP contribution >= 0.6 is 11.6 Å². The summed E-state index contributed by atoms with van der Waals surface area (Å²) in [6.07, 6.45) is 2.34. The molecule has 7 atom stereocenters. The van der Waals surface area contributed by atoms with Crippen LogP contribution in [0.25, 0.3) is 0 Å². The van der Waals surface area contributed by atoms with Gasteiger partial charge in [0.2, 0.25) is 17.7 Å². The van der Waals surface area contributed by atoms with Crippen molar-refractivity contribution in [1.29, 1.82) is 0 Å². The Morgan fingerprint density at radius 3 is 2.56 bits per heavy atom. The number of ether oxygens (including phenoxy) is 1. The molecule has 2 bridgehead atoms. The Hall–Kier alpha value is -2.16. The lowest BCUT2D eigenvalue weighted by Crippen LogP contribution is -2.57. The summed E-state index contributed by atoms with van der Waals surface area (Å²) in [6, 6.07) is 5.34. The van der Waals surface area contributed by atoms with Crippen molar-refractivity contribution >= 4 is 35.0 Å². The summed E-state index contributed by atoms with van der Waals surface area (Å²) in [4.78, 5) is 42.5. The third-order valence-corrected chi connectivity index (χ3v) is 8.70. The maximum Gasteiger partial charge on any atom is 0.250 e. The highest BCUT2D eigenvalue weighted by molar-refractivity contribution is 6.33. The predicted octanol–water partition coefficient (Wildman–Crippen LogP) is 2.59. The maximum absolute atomic E-state index is 14.1. The van der Waals surface area contributed by atoms with Gasteiger partial charge in [0.1, 0.15) is 11.6 Å². The molecule has 2 unspecified atom stereocenters. The Kier molecular flexibility index (Phi) is 6.70. The Bertz CT molecular complexity index is 989. The number of halogens is 1. The summed E-state index contributed by atoms with van der Waals surface area (Å²) in [5, 5.41) is 16.3. The number of carbonyl (C=O) groups excluding carboxylic acids is 3. The van der Waals surface area contributed by atoms with Crippen molar-refractivity contribution in [3.8, 4) is 0 Å². The molecular weight excluding hydrogens is 458 g/mol. The minimum absolute atomic E-state index is 0.0597. The van der Waals surface area contributed by atoms with Gasteiger partial charge in [-0.05, 0) is 37.3 Å². The van der Waals surface area contributed by atoms with Crippen LogP contribution in [0, 0.1) is 17.8 Å². The largest absolute Gasteiger partial charge is 0.394 e. The number of hydrogen-bond acceptors (Lipinski definition) is 5. The smallest absolute Gasteiger partial charge is 0.250 e.